The lowest BCUT2D eigenvalue weighted by Gasteiger charge is -2.38. The third-order valence-corrected chi connectivity index (χ3v) is 3.92. The molecule has 3 nitrogen and oxygen atoms in total. The van der Waals surface area contributed by atoms with Gasteiger partial charge in [0, 0.05) is 0 Å². The number of aryl methyl sites for hydroxylation is 1. The minimum atomic E-state index is -0.0348. The number of fused-ring (bicyclic) bond motifs is 1. The van der Waals surface area contributed by atoms with Crippen molar-refractivity contribution in [2.45, 2.75) is 11.2 Å². The highest BCUT2D eigenvalue weighted by molar-refractivity contribution is 9.09. The lowest BCUT2D eigenvalue weighted by atomic mass is 9.92. The van der Waals surface area contributed by atoms with Crippen LogP contribution in [0.15, 0.2) is 12.1 Å². The van der Waals surface area contributed by atoms with Crippen LogP contribution in [0.2, 0.25) is 0 Å². The summed E-state index contributed by atoms with van der Waals surface area (Å²) in [6.45, 7) is 4.78. The summed E-state index contributed by atoms with van der Waals surface area (Å²) in [5.41, 5.74) is 2.45. The molecule has 4 heteroatoms. The Bertz CT molecular complexity index is 427. The monoisotopic (exact) mass is 284 g/mol. The quantitative estimate of drug-likeness (QED) is 0.741. The number of benzene rings is 1. The van der Waals surface area contributed by atoms with Gasteiger partial charge in [0.1, 0.15) is 13.2 Å². The van der Waals surface area contributed by atoms with E-state index < -0.39 is 0 Å². The van der Waals surface area contributed by atoms with Crippen LogP contribution in [0, 0.1) is 6.92 Å². The molecule has 2 aliphatic heterocycles. The molecule has 0 radical (unpaired) electrons. The fraction of sp³-hybridized carbons (Fsp3) is 0.500. The molecule has 0 aliphatic carbocycles. The van der Waals surface area contributed by atoms with E-state index in [4.69, 9.17) is 14.2 Å². The maximum Gasteiger partial charge on any atom is 0.161 e. The second kappa shape index (κ2) is 3.64. The zero-order chi connectivity index (χ0) is 11.2. The van der Waals surface area contributed by atoms with Gasteiger partial charge in [0.2, 0.25) is 0 Å². The Kier molecular flexibility index (Phi) is 2.37. The molecule has 1 aromatic carbocycles. The Labute approximate surface area is 103 Å². The zero-order valence-electron chi connectivity index (χ0n) is 9.09. The molecule has 1 aromatic rings. The van der Waals surface area contributed by atoms with Crippen molar-refractivity contribution >= 4 is 15.9 Å². The summed E-state index contributed by atoms with van der Waals surface area (Å²) in [4.78, 5) is 0. The van der Waals surface area contributed by atoms with Crippen LogP contribution in [-0.4, -0.2) is 26.4 Å². The van der Waals surface area contributed by atoms with Gasteiger partial charge in [-0.25, -0.2) is 0 Å². The van der Waals surface area contributed by atoms with Crippen molar-refractivity contribution in [1.82, 2.24) is 0 Å². The fourth-order valence-corrected chi connectivity index (χ4v) is 2.86. The molecule has 0 amide bonds. The highest BCUT2D eigenvalue weighted by Crippen LogP contribution is 2.44. The molecule has 1 fully saturated rings. The van der Waals surface area contributed by atoms with Crippen molar-refractivity contribution in [3.63, 3.8) is 0 Å². The first-order chi connectivity index (χ1) is 7.69. The van der Waals surface area contributed by atoms with Crippen LogP contribution in [0.3, 0.4) is 0 Å². The Morgan fingerprint density at radius 3 is 2.31 bits per heavy atom. The van der Waals surface area contributed by atoms with Crippen molar-refractivity contribution in [1.29, 1.82) is 0 Å². The van der Waals surface area contributed by atoms with E-state index in [-0.39, 0.29) is 4.32 Å². The first kappa shape index (κ1) is 10.4. The second-order valence-corrected chi connectivity index (χ2v) is 5.79. The van der Waals surface area contributed by atoms with Crippen LogP contribution < -0.4 is 9.47 Å². The van der Waals surface area contributed by atoms with Gasteiger partial charge >= 0.3 is 0 Å². The molecular weight excluding hydrogens is 272 g/mol. The maximum absolute atomic E-state index is 5.60. The normalized spacial score (nSPS) is 21.4. The number of alkyl halides is 1. The Hall–Kier alpha value is -0.740. The van der Waals surface area contributed by atoms with Crippen molar-refractivity contribution < 1.29 is 14.2 Å². The van der Waals surface area contributed by atoms with E-state index in [0.29, 0.717) is 26.4 Å². The van der Waals surface area contributed by atoms with Gasteiger partial charge in [0.05, 0.1) is 17.5 Å². The van der Waals surface area contributed by atoms with Gasteiger partial charge in [-0.1, -0.05) is 15.9 Å². The fourth-order valence-electron chi connectivity index (χ4n) is 2.11. The summed E-state index contributed by atoms with van der Waals surface area (Å²) in [6, 6.07) is 4.12. The second-order valence-electron chi connectivity index (χ2n) is 4.27. The van der Waals surface area contributed by atoms with Crippen LogP contribution in [0.4, 0.5) is 0 Å². The third-order valence-electron chi connectivity index (χ3n) is 3.03. The lowest BCUT2D eigenvalue weighted by Crippen LogP contribution is -2.41. The SMILES string of the molecule is Cc1cc2c(cc1C1(Br)COC1)OCCO2. The number of halogens is 1. The highest BCUT2D eigenvalue weighted by Gasteiger charge is 2.39. The molecule has 0 atom stereocenters. The molecule has 0 aromatic heterocycles. The van der Waals surface area contributed by atoms with Crippen LogP contribution in [0.1, 0.15) is 11.1 Å². The van der Waals surface area contributed by atoms with E-state index in [1.54, 1.807) is 0 Å². The van der Waals surface area contributed by atoms with Gasteiger partial charge in [0.15, 0.2) is 11.5 Å². The van der Waals surface area contributed by atoms with Crippen molar-refractivity contribution in [2.75, 3.05) is 26.4 Å². The van der Waals surface area contributed by atoms with Crippen molar-refractivity contribution in [3.05, 3.63) is 23.3 Å². The summed E-state index contributed by atoms with van der Waals surface area (Å²) in [5, 5.41) is 0. The van der Waals surface area contributed by atoms with Gasteiger partial charge in [-0.15, -0.1) is 0 Å². The largest absolute Gasteiger partial charge is 0.486 e. The summed E-state index contributed by atoms with van der Waals surface area (Å²) >= 11 is 3.73. The van der Waals surface area contributed by atoms with Gasteiger partial charge in [-0.3, -0.25) is 0 Å². The number of ether oxygens (including phenoxy) is 3. The average molecular weight is 285 g/mol. The van der Waals surface area contributed by atoms with E-state index in [9.17, 15) is 0 Å². The standard InChI is InChI=1S/C12H13BrO3/c1-8-4-10-11(16-3-2-15-10)5-9(8)12(13)6-14-7-12/h4-5H,2-3,6-7H2,1H3. The molecule has 0 unspecified atom stereocenters. The summed E-state index contributed by atoms with van der Waals surface area (Å²) in [7, 11) is 0. The molecule has 3 rings (SSSR count). The number of rotatable bonds is 1. The van der Waals surface area contributed by atoms with Gasteiger partial charge < -0.3 is 14.2 Å². The Morgan fingerprint density at radius 1 is 1.12 bits per heavy atom. The minimum Gasteiger partial charge on any atom is -0.486 e. The molecule has 86 valence electrons. The van der Waals surface area contributed by atoms with Crippen LogP contribution >= 0.6 is 15.9 Å². The van der Waals surface area contributed by atoms with Gasteiger partial charge in [-0.05, 0) is 30.2 Å². The molecular formula is C12H13BrO3. The molecule has 16 heavy (non-hydrogen) atoms. The van der Waals surface area contributed by atoms with E-state index in [2.05, 4.69) is 28.9 Å². The Balaban J connectivity index is 2.05. The van der Waals surface area contributed by atoms with Gasteiger partial charge in [0.25, 0.3) is 0 Å². The van der Waals surface area contributed by atoms with Crippen LogP contribution in [-0.2, 0) is 9.06 Å². The topological polar surface area (TPSA) is 27.7 Å². The van der Waals surface area contributed by atoms with Crippen molar-refractivity contribution in [3.8, 4) is 11.5 Å². The third kappa shape index (κ3) is 1.52. The zero-order valence-corrected chi connectivity index (χ0v) is 10.7. The first-order valence-electron chi connectivity index (χ1n) is 5.36. The number of hydrogen-bond acceptors (Lipinski definition) is 3. The maximum atomic E-state index is 5.60. The molecule has 0 N–H and O–H groups in total. The summed E-state index contributed by atoms with van der Waals surface area (Å²) < 4.78 is 16.4. The molecule has 0 spiro atoms. The minimum absolute atomic E-state index is 0.0348. The van der Waals surface area contributed by atoms with Crippen LogP contribution in [0.25, 0.3) is 0 Å². The average Bonchev–Trinajstić information content (AvgIpc) is 2.25. The number of hydrogen-bond donors (Lipinski definition) is 0. The van der Waals surface area contributed by atoms with Crippen LogP contribution in [0.5, 0.6) is 11.5 Å². The molecule has 2 heterocycles. The van der Waals surface area contributed by atoms with E-state index in [1.165, 1.54) is 11.1 Å². The predicted molar refractivity (Wildman–Crippen MR) is 63.6 cm³/mol. The predicted octanol–water partition coefficient (Wildman–Crippen LogP) is 2.39. The van der Waals surface area contributed by atoms with E-state index in [0.717, 1.165) is 11.5 Å². The molecule has 0 saturated carbocycles. The summed E-state index contributed by atoms with van der Waals surface area (Å²) in [5.74, 6) is 1.70. The molecule has 0 bridgehead atoms. The summed E-state index contributed by atoms with van der Waals surface area (Å²) in [6.07, 6.45) is 0. The molecule has 1 saturated heterocycles. The van der Waals surface area contributed by atoms with Gasteiger partial charge in [-0.2, -0.15) is 0 Å². The van der Waals surface area contributed by atoms with E-state index >= 15 is 0 Å². The van der Waals surface area contributed by atoms with Crippen molar-refractivity contribution in [2.24, 2.45) is 0 Å². The Morgan fingerprint density at radius 2 is 1.75 bits per heavy atom. The highest BCUT2D eigenvalue weighted by atomic mass is 79.9. The lowest BCUT2D eigenvalue weighted by molar-refractivity contribution is -0.00742. The van der Waals surface area contributed by atoms with E-state index in [1.807, 2.05) is 6.07 Å². The molecule has 2 aliphatic rings. The first-order valence-corrected chi connectivity index (χ1v) is 6.16. The smallest absolute Gasteiger partial charge is 0.161 e.